The minimum Gasteiger partial charge on any atom is -0.392 e. The van der Waals surface area contributed by atoms with Gasteiger partial charge in [0.1, 0.15) is 5.82 Å². The molecule has 0 radical (unpaired) electrons. The minimum absolute atomic E-state index is 0.0663. The molecule has 22 heavy (non-hydrogen) atoms. The number of hydrogen-bond donors (Lipinski definition) is 1. The molecule has 1 aliphatic heterocycles. The molecule has 0 aromatic heterocycles. The van der Waals surface area contributed by atoms with Gasteiger partial charge in [-0.2, -0.15) is 17.5 Å². The van der Waals surface area contributed by atoms with Gasteiger partial charge in [-0.3, -0.25) is 0 Å². The Kier molecular flexibility index (Phi) is 4.78. The maximum atomic E-state index is 12.9. The van der Waals surface area contributed by atoms with Crippen molar-refractivity contribution in [1.29, 1.82) is 0 Å². The lowest BCUT2D eigenvalue weighted by atomic mass is 10.0. The number of nitrogens with zero attached hydrogens (tertiary/aromatic N) is 1. The molecule has 1 fully saturated rings. The lowest BCUT2D eigenvalue weighted by molar-refractivity contribution is -0.130. The van der Waals surface area contributed by atoms with E-state index in [-0.39, 0.29) is 13.0 Å². The van der Waals surface area contributed by atoms with Crippen LogP contribution in [0.1, 0.15) is 24.4 Å². The quantitative estimate of drug-likeness (QED) is 0.855. The van der Waals surface area contributed by atoms with Crippen molar-refractivity contribution in [3.05, 3.63) is 35.6 Å². The normalized spacial score (nSPS) is 23.9. The van der Waals surface area contributed by atoms with E-state index in [0.29, 0.717) is 5.56 Å². The molecule has 0 bridgehead atoms. The SMILES string of the molecule is O=S(=O)(CCC(F)(F)F)N1CC(O)CC1c1ccc(F)cc1. The van der Waals surface area contributed by atoms with Gasteiger partial charge >= 0.3 is 6.18 Å². The van der Waals surface area contributed by atoms with Crippen LogP contribution in [0.2, 0.25) is 0 Å². The molecule has 2 unspecified atom stereocenters. The van der Waals surface area contributed by atoms with Crippen LogP contribution < -0.4 is 0 Å². The number of alkyl halides is 3. The fourth-order valence-corrected chi connectivity index (χ4v) is 4.16. The maximum absolute atomic E-state index is 12.9. The molecule has 0 aliphatic carbocycles. The van der Waals surface area contributed by atoms with Crippen molar-refractivity contribution < 1.29 is 31.1 Å². The molecule has 1 N–H and O–H groups in total. The molecule has 0 saturated carbocycles. The van der Waals surface area contributed by atoms with Crippen molar-refractivity contribution in [3.63, 3.8) is 0 Å². The van der Waals surface area contributed by atoms with Crippen molar-refractivity contribution in [3.8, 4) is 0 Å². The van der Waals surface area contributed by atoms with E-state index in [2.05, 4.69) is 0 Å². The van der Waals surface area contributed by atoms with Gasteiger partial charge in [0.15, 0.2) is 0 Å². The van der Waals surface area contributed by atoms with E-state index in [4.69, 9.17) is 0 Å². The fraction of sp³-hybridized carbons (Fsp3) is 0.538. The lowest BCUT2D eigenvalue weighted by Gasteiger charge is -2.24. The smallest absolute Gasteiger partial charge is 0.390 e. The van der Waals surface area contributed by atoms with E-state index in [0.717, 1.165) is 16.4 Å². The Labute approximate surface area is 125 Å². The zero-order valence-electron chi connectivity index (χ0n) is 11.4. The highest BCUT2D eigenvalue weighted by Crippen LogP contribution is 2.35. The summed E-state index contributed by atoms with van der Waals surface area (Å²) in [6, 6.07) is 4.23. The fourth-order valence-electron chi connectivity index (χ4n) is 2.44. The molecule has 124 valence electrons. The van der Waals surface area contributed by atoms with Crippen molar-refractivity contribution in [2.75, 3.05) is 12.3 Å². The molecular formula is C13H15F4NO3S. The third-order valence-corrected chi connectivity index (χ3v) is 5.33. The van der Waals surface area contributed by atoms with Crippen LogP contribution in [-0.4, -0.2) is 42.4 Å². The number of β-amino-alcohol motifs (C(OH)–C–C–N with tert-alkyl or cyclic N) is 1. The van der Waals surface area contributed by atoms with Gasteiger partial charge < -0.3 is 5.11 Å². The molecule has 1 aromatic carbocycles. The molecule has 2 rings (SSSR count). The third-order valence-electron chi connectivity index (χ3n) is 3.49. The van der Waals surface area contributed by atoms with Gasteiger partial charge in [0.2, 0.25) is 10.0 Å². The summed E-state index contributed by atoms with van der Waals surface area (Å²) in [7, 11) is -4.17. The zero-order chi connectivity index (χ0) is 16.5. The highest BCUT2D eigenvalue weighted by molar-refractivity contribution is 7.89. The monoisotopic (exact) mass is 341 g/mol. The zero-order valence-corrected chi connectivity index (χ0v) is 12.2. The Morgan fingerprint density at radius 3 is 2.36 bits per heavy atom. The summed E-state index contributed by atoms with van der Waals surface area (Å²) in [6.07, 6.45) is -6.91. The van der Waals surface area contributed by atoms with Crippen LogP contribution in [0.5, 0.6) is 0 Å². The topological polar surface area (TPSA) is 57.6 Å². The second-order valence-corrected chi connectivity index (χ2v) is 7.25. The van der Waals surface area contributed by atoms with Gasteiger partial charge in [-0.1, -0.05) is 12.1 Å². The first-order valence-corrected chi connectivity index (χ1v) is 8.19. The number of hydrogen-bond acceptors (Lipinski definition) is 3. The Balaban J connectivity index is 2.21. The molecule has 1 saturated heterocycles. The van der Waals surface area contributed by atoms with Crippen LogP contribution in [0.4, 0.5) is 17.6 Å². The summed E-state index contributed by atoms with van der Waals surface area (Å²) in [4.78, 5) is 0. The summed E-state index contributed by atoms with van der Waals surface area (Å²) < 4.78 is 74.8. The number of halogens is 4. The second kappa shape index (κ2) is 6.13. The van der Waals surface area contributed by atoms with Gasteiger partial charge in [-0.15, -0.1) is 0 Å². The van der Waals surface area contributed by atoms with Crippen molar-refractivity contribution in [2.24, 2.45) is 0 Å². The van der Waals surface area contributed by atoms with E-state index >= 15 is 0 Å². The average molecular weight is 341 g/mol. The van der Waals surface area contributed by atoms with Gasteiger partial charge in [-0.05, 0) is 24.1 Å². The van der Waals surface area contributed by atoms with E-state index in [9.17, 15) is 31.1 Å². The Morgan fingerprint density at radius 2 is 1.82 bits per heavy atom. The minimum atomic E-state index is -4.57. The summed E-state index contributed by atoms with van der Waals surface area (Å²) in [5.74, 6) is -1.57. The molecule has 0 spiro atoms. The summed E-state index contributed by atoms with van der Waals surface area (Å²) in [5, 5.41) is 9.67. The number of benzene rings is 1. The van der Waals surface area contributed by atoms with E-state index < -0.39 is 46.3 Å². The molecule has 2 atom stereocenters. The number of rotatable bonds is 4. The first kappa shape index (κ1) is 17.2. The average Bonchev–Trinajstić information content (AvgIpc) is 2.80. The van der Waals surface area contributed by atoms with Crippen LogP contribution in [-0.2, 0) is 10.0 Å². The third kappa shape index (κ3) is 4.17. The Bertz CT molecular complexity index is 615. The van der Waals surface area contributed by atoms with Crippen LogP contribution in [0.25, 0.3) is 0 Å². The predicted molar refractivity (Wildman–Crippen MR) is 70.9 cm³/mol. The number of aliphatic hydroxyl groups is 1. The first-order valence-electron chi connectivity index (χ1n) is 6.58. The van der Waals surface area contributed by atoms with E-state index in [1.54, 1.807) is 0 Å². The Morgan fingerprint density at radius 1 is 1.23 bits per heavy atom. The highest BCUT2D eigenvalue weighted by Gasteiger charge is 2.41. The number of sulfonamides is 1. The van der Waals surface area contributed by atoms with Crippen LogP contribution in [0.15, 0.2) is 24.3 Å². The van der Waals surface area contributed by atoms with Gasteiger partial charge in [0, 0.05) is 6.54 Å². The standard InChI is InChI=1S/C13H15F4NO3S/c14-10-3-1-9(2-4-10)12-7-11(19)8-18(12)22(20,21)6-5-13(15,16)17/h1-4,11-12,19H,5-8H2. The van der Waals surface area contributed by atoms with Crippen LogP contribution in [0, 0.1) is 5.82 Å². The van der Waals surface area contributed by atoms with Crippen molar-refractivity contribution in [2.45, 2.75) is 31.2 Å². The molecular weight excluding hydrogens is 326 g/mol. The molecule has 9 heteroatoms. The summed E-state index contributed by atoms with van der Waals surface area (Å²) >= 11 is 0. The van der Waals surface area contributed by atoms with Crippen molar-refractivity contribution in [1.82, 2.24) is 4.31 Å². The molecule has 1 aromatic rings. The van der Waals surface area contributed by atoms with Crippen LogP contribution in [0.3, 0.4) is 0 Å². The largest absolute Gasteiger partial charge is 0.392 e. The Hall–Kier alpha value is -1.19. The highest BCUT2D eigenvalue weighted by atomic mass is 32.2. The lowest BCUT2D eigenvalue weighted by Crippen LogP contribution is -2.35. The molecule has 1 aliphatic rings. The molecule has 4 nitrogen and oxygen atoms in total. The summed E-state index contributed by atoms with van der Waals surface area (Å²) in [5.41, 5.74) is 0.438. The van der Waals surface area contributed by atoms with Crippen molar-refractivity contribution >= 4 is 10.0 Å². The van der Waals surface area contributed by atoms with Gasteiger partial charge in [0.25, 0.3) is 0 Å². The van der Waals surface area contributed by atoms with Gasteiger partial charge in [0.05, 0.1) is 24.3 Å². The first-order chi connectivity index (χ1) is 10.1. The second-order valence-electron chi connectivity index (χ2n) is 5.21. The van der Waals surface area contributed by atoms with Crippen LogP contribution >= 0.6 is 0 Å². The number of aliphatic hydroxyl groups excluding tert-OH is 1. The van der Waals surface area contributed by atoms with Gasteiger partial charge in [-0.25, -0.2) is 12.8 Å². The molecule has 0 amide bonds. The van der Waals surface area contributed by atoms with E-state index in [1.807, 2.05) is 0 Å². The predicted octanol–water partition coefficient (Wildman–Crippen LogP) is 2.22. The summed E-state index contributed by atoms with van der Waals surface area (Å²) in [6.45, 7) is -0.262. The molecule has 1 heterocycles. The maximum Gasteiger partial charge on any atom is 0.390 e. The van der Waals surface area contributed by atoms with E-state index in [1.165, 1.54) is 12.1 Å².